The molecule has 0 radical (unpaired) electrons. The van der Waals surface area contributed by atoms with Crippen LogP contribution in [0, 0.1) is 10.8 Å². The van der Waals surface area contributed by atoms with Crippen molar-refractivity contribution in [3.05, 3.63) is 78.1 Å². The third kappa shape index (κ3) is 6.49. The number of ether oxygens (including phenoxy) is 1. The minimum Gasteiger partial charge on any atom is -0.480 e. The number of fused-ring (bicyclic) bond motifs is 1. The molecule has 4 amide bonds. The summed E-state index contributed by atoms with van der Waals surface area (Å²) in [7, 11) is 0. The first-order valence-corrected chi connectivity index (χ1v) is 15.8. The molecule has 0 spiro atoms. The molecule has 14 nitrogen and oxygen atoms in total. The number of aliphatic hydroxyl groups excluding tert-OH is 1. The molecule has 5 rings (SSSR count). The van der Waals surface area contributed by atoms with E-state index >= 15 is 0 Å². The zero-order valence-corrected chi connectivity index (χ0v) is 27.1. The number of Topliss-reactive ketones (excluding diaryl/α,β-unsaturated/α-hetero) is 1. The topological polar surface area (TPSA) is 213 Å². The summed E-state index contributed by atoms with van der Waals surface area (Å²) < 4.78 is 5.57. The van der Waals surface area contributed by atoms with Crippen LogP contribution in [0.3, 0.4) is 0 Å². The number of pyridine rings is 1. The van der Waals surface area contributed by atoms with Crippen molar-refractivity contribution in [3.8, 4) is 0 Å². The first-order chi connectivity index (χ1) is 22.6. The highest BCUT2D eigenvalue weighted by Gasteiger charge is 2.75. The van der Waals surface area contributed by atoms with Gasteiger partial charge in [0.2, 0.25) is 5.91 Å². The molecule has 2 aliphatic carbocycles. The molecule has 1 aromatic carbocycles. The standard InChI is InChI=1S/C34H42N6O8/c1-5-33(35)18-34(33,29(44)45)27(42)23-14-21(48-31(47)37-16-19-9-8-12-36-15-19)17-40(23)30(46)39-26(32(2,3)4)28(43)38-25-22-11-7-6-10-20(22)13-24(25)41/h5-12,15,21,23-26,41H,1,13-14,16-18,35H2,2-4H3,(H,37,47)(H,38,43)(H,39,46)(H,44,45)/t21-,23+,24-,25+,26-,33-,34-/m1/s1. The molecule has 1 saturated carbocycles. The summed E-state index contributed by atoms with van der Waals surface area (Å²) in [5.41, 5.74) is 4.23. The Morgan fingerprint density at radius 2 is 1.92 bits per heavy atom. The number of amides is 4. The van der Waals surface area contributed by atoms with Gasteiger partial charge < -0.3 is 41.5 Å². The number of hydrogen-bond donors (Lipinski definition) is 6. The Kier molecular flexibility index (Phi) is 9.35. The van der Waals surface area contributed by atoms with Crippen molar-refractivity contribution in [1.29, 1.82) is 0 Å². The van der Waals surface area contributed by atoms with E-state index in [1.165, 1.54) is 6.08 Å². The number of likely N-dealkylation sites (tertiary alicyclic amines) is 1. The molecule has 0 unspecified atom stereocenters. The van der Waals surface area contributed by atoms with E-state index in [4.69, 9.17) is 10.5 Å². The number of nitrogens with zero attached hydrogens (tertiary/aromatic N) is 2. The fourth-order valence-electron chi connectivity index (χ4n) is 6.71. The van der Waals surface area contributed by atoms with E-state index in [9.17, 15) is 34.2 Å². The number of aliphatic hydroxyl groups is 1. The van der Waals surface area contributed by atoms with Gasteiger partial charge in [0.25, 0.3) is 0 Å². The van der Waals surface area contributed by atoms with Crippen molar-refractivity contribution < 1.29 is 38.9 Å². The molecule has 2 heterocycles. The van der Waals surface area contributed by atoms with Gasteiger partial charge in [0, 0.05) is 31.8 Å². The minimum absolute atomic E-state index is 0.117. The van der Waals surface area contributed by atoms with Crippen LogP contribution >= 0.6 is 0 Å². The molecule has 3 aliphatic rings. The quantitative estimate of drug-likeness (QED) is 0.160. The van der Waals surface area contributed by atoms with Crippen LogP contribution in [-0.4, -0.2) is 86.3 Å². The molecular formula is C34H42N6O8. The van der Waals surface area contributed by atoms with E-state index in [1.807, 2.05) is 24.3 Å². The van der Waals surface area contributed by atoms with E-state index in [0.717, 1.165) is 21.6 Å². The number of nitrogens with two attached hydrogens (primary N) is 1. The van der Waals surface area contributed by atoms with Gasteiger partial charge in [-0.1, -0.05) is 57.2 Å². The van der Waals surface area contributed by atoms with E-state index < -0.39 is 76.5 Å². The number of rotatable bonds is 10. The largest absolute Gasteiger partial charge is 0.480 e. The van der Waals surface area contributed by atoms with Crippen molar-refractivity contribution in [2.24, 2.45) is 16.6 Å². The zero-order valence-electron chi connectivity index (χ0n) is 27.1. The Morgan fingerprint density at radius 1 is 1.19 bits per heavy atom. The number of carbonyl (C=O) groups excluding carboxylic acids is 4. The van der Waals surface area contributed by atoms with Crippen LogP contribution in [0.4, 0.5) is 9.59 Å². The molecule has 1 aromatic heterocycles. The molecule has 14 heteroatoms. The zero-order chi connectivity index (χ0) is 35.0. The smallest absolute Gasteiger partial charge is 0.407 e. The van der Waals surface area contributed by atoms with Crippen molar-refractivity contribution >= 4 is 29.8 Å². The number of carboxylic acid groups (broad SMARTS) is 1. The van der Waals surface area contributed by atoms with Crippen molar-refractivity contribution in [2.45, 2.75) is 82.5 Å². The number of benzene rings is 1. The number of urea groups is 1. The fraction of sp³-hybridized carbons (Fsp3) is 0.471. The number of aliphatic carboxylic acids is 1. The van der Waals surface area contributed by atoms with Gasteiger partial charge in [0.15, 0.2) is 11.2 Å². The van der Waals surface area contributed by atoms with E-state index in [2.05, 4.69) is 27.5 Å². The molecule has 7 N–H and O–H groups in total. The molecule has 256 valence electrons. The van der Waals surface area contributed by atoms with Crippen LogP contribution in [0.2, 0.25) is 0 Å². The highest BCUT2D eigenvalue weighted by Crippen LogP contribution is 2.57. The van der Waals surface area contributed by atoms with Crippen LogP contribution in [0.15, 0.2) is 61.4 Å². The van der Waals surface area contributed by atoms with Crippen LogP contribution in [0.1, 0.15) is 56.3 Å². The first-order valence-electron chi connectivity index (χ1n) is 15.8. The molecule has 0 bridgehead atoms. The Labute approximate surface area is 278 Å². The van der Waals surface area contributed by atoms with Gasteiger partial charge in [-0.15, -0.1) is 6.58 Å². The number of ketones is 1. The number of hydrogen-bond acceptors (Lipinski definition) is 9. The number of nitrogens with one attached hydrogen (secondary N) is 3. The summed E-state index contributed by atoms with van der Waals surface area (Å²) in [4.78, 5) is 72.0. The van der Waals surface area contributed by atoms with Gasteiger partial charge in [-0.3, -0.25) is 19.4 Å². The minimum atomic E-state index is -2.03. The normalized spacial score (nSPS) is 28.1. The molecule has 2 aromatic rings. The van der Waals surface area contributed by atoms with Gasteiger partial charge in [0.05, 0.1) is 30.3 Å². The Morgan fingerprint density at radius 3 is 2.54 bits per heavy atom. The van der Waals surface area contributed by atoms with Gasteiger partial charge >= 0.3 is 18.1 Å². The lowest BCUT2D eigenvalue weighted by Crippen LogP contribution is -2.59. The monoisotopic (exact) mass is 662 g/mol. The molecule has 1 aliphatic heterocycles. The Bertz CT molecular complexity index is 1610. The Hall–Kier alpha value is -4.82. The summed E-state index contributed by atoms with van der Waals surface area (Å²) in [5, 5.41) is 29.1. The summed E-state index contributed by atoms with van der Waals surface area (Å²) in [6.45, 7) is 8.71. The molecule has 1 saturated heterocycles. The molecule has 2 fully saturated rings. The predicted molar refractivity (Wildman–Crippen MR) is 172 cm³/mol. The van der Waals surface area contributed by atoms with Gasteiger partial charge in [-0.05, 0) is 34.6 Å². The lowest BCUT2D eigenvalue weighted by atomic mass is 9.85. The SMILES string of the molecule is C=C[C@@]1(N)C[C@]1(C(=O)O)C(=O)[C@@H]1C[C@@H](OC(=O)NCc2cccnc2)CN1C(=O)N[C@H](C(=O)N[C@H]1c2ccccc2C[C@H]1O)C(C)(C)C. The average molecular weight is 663 g/mol. The summed E-state index contributed by atoms with van der Waals surface area (Å²) in [5.74, 6) is -2.83. The van der Waals surface area contributed by atoms with Crippen LogP contribution in [0.5, 0.6) is 0 Å². The van der Waals surface area contributed by atoms with Crippen molar-refractivity contribution in [1.82, 2.24) is 25.8 Å². The summed E-state index contributed by atoms with van der Waals surface area (Å²) >= 11 is 0. The number of aromatic nitrogens is 1. The highest BCUT2D eigenvalue weighted by atomic mass is 16.6. The highest BCUT2D eigenvalue weighted by molar-refractivity contribution is 6.12. The second kappa shape index (κ2) is 13.0. The summed E-state index contributed by atoms with van der Waals surface area (Å²) in [6, 6.07) is 6.83. The first kappa shape index (κ1) is 34.5. The maximum Gasteiger partial charge on any atom is 0.407 e. The van der Waals surface area contributed by atoms with E-state index in [0.29, 0.717) is 6.42 Å². The van der Waals surface area contributed by atoms with Crippen LogP contribution < -0.4 is 21.7 Å². The fourth-order valence-corrected chi connectivity index (χ4v) is 6.71. The molecular weight excluding hydrogens is 620 g/mol. The number of carbonyl (C=O) groups is 5. The maximum absolute atomic E-state index is 14.0. The van der Waals surface area contributed by atoms with E-state index in [1.54, 1.807) is 45.3 Å². The number of alkyl carbamates (subject to hydrolysis) is 1. The molecule has 7 atom stereocenters. The lowest BCUT2D eigenvalue weighted by molar-refractivity contribution is -0.150. The third-order valence-electron chi connectivity index (χ3n) is 9.53. The predicted octanol–water partition coefficient (Wildman–Crippen LogP) is 1.58. The van der Waals surface area contributed by atoms with Crippen molar-refractivity contribution in [2.75, 3.05) is 6.54 Å². The van der Waals surface area contributed by atoms with Gasteiger partial charge in [-0.2, -0.15) is 0 Å². The second-order valence-electron chi connectivity index (χ2n) is 13.8. The maximum atomic E-state index is 14.0. The van der Waals surface area contributed by atoms with Crippen molar-refractivity contribution in [3.63, 3.8) is 0 Å². The lowest BCUT2D eigenvalue weighted by Gasteiger charge is -2.34. The number of carboxylic acids is 1. The van der Waals surface area contributed by atoms with E-state index in [-0.39, 0.29) is 25.9 Å². The third-order valence-corrected chi connectivity index (χ3v) is 9.53. The molecule has 48 heavy (non-hydrogen) atoms. The summed E-state index contributed by atoms with van der Waals surface area (Å²) in [6.07, 6.45) is 1.69. The Balaban J connectivity index is 1.35. The average Bonchev–Trinajstić information content (AvgIpc) is 3.30. The van der Waals surface area contributed by atoms with Crippen LogP contribution in [-0.2, 0) is 32.1 Å². The van der Waals surface area contributed by atoms with Crippen LogP contribution in [0.25, 0.3) is 0 Å². The van der Waals surface area contributed by atoms with Gasteiger partial charge in [0.1, 0.15) is 12.1 Å². The second-order valence-corrected chi connectivity index (χ2v) is 13.8. The van der Waals surface area contributed by atoms with Gasteiger partial charge in [-0.25, -0.2) is 9.59 Å².